The van der Waals surface area contributed by atoms with E-state index in [9.17, 15) is 0 Å². The standard InChI is InChI=1S/C13H25N/c1-3-4-10(2)9-14-13(11-5-6-11)12-7-8-12/h10-14H,3-9H2,1-2H3. The maximum atomic E-state index is 3.83. The van der Waals surface area contributed by atoms with Crippen LogP contribution in [0.1, 0.15) is 52.4 Å². The molecule has 0 heterocycles. The number of nitrogens with one attached hydrogen (secondary N) is 1. The first-order chi connectivity index (χ1) is 6.81. The molecule has 14 heavy (non-hydrogen) atoms. The smallest absolute Gasteiger partial charge is 0.0124 e. The molecule has 0 saturated heterocycles. The van der Waals surface area contributed by atoms with E-state index in [1.807, 2.05) is 0 Å². The average Bonchev–Trinajstić information content (AvgIpc) is 3.01. The molecule has 2 aliphatic carbocycles. The Kier molecular flexibility index (Phi) is 3.48. The molecule has 2 fully saturated rings. The zero-order valence-corrected chi connectivity index (χ0v) is 9.76. The molecule has 1 atom stereocenters. The summed E-state index contributed by atoms with van der Waals surface area (Å²) in [6, 6.07) is 0.898. The molecule has 1 N–H and O–H groups in total. The highest BCUT2D eigenvalue weighted by Crippen LogP contribution is 2.44. The Morgan fingerprint density at radius 1 is 1.14 bits per heavy atom. The fourth-order valence-corrected chi connectivity index (χ4v) is 2.56. The summed E-state index contributed by atoms with van der Waals surface area (Å²) in [5.41, 5.74) is 0. The lowest BCUT2D eigenvalue weighted by molar-refractivity contribution is 0.371. The third-order valence-electron chi connectivity index (χ3n) is 3.74. The molecule has 0 aromatic rings. The Balaban J connectivity index is 1.66. The first kappa shape index (κ1) is 10.5. The molecule has 0 aromatic heterocycles. The molecule has 2 aliphatic rings. The number of hydrogen-bond donors (Lipinski definition) is 1. The Morgan fingerprint density at radius 2 is 1.71 bits per heavy atom. The summed E-state index contributed by atoms with van der Waals surface area (Å²) in [7, 11) is 0. The van der Waals surface area contributed by atoms with Gasteiger partial charge in [-0.2, -0.15) is 0 Å². The highest BCUT2D eigenvalue weighted by atomic mass is 14.9. The van der Waals surface area contributed by atoms with E-state index < -0.39 is 0 Å². The van der Waals surface area contributed by atoms with Crippen LogP contribution >= 0.6 is 0 Å². The van der Waals surface area contributed by atoms with E-state index in [1.165, 1.54) is 45.1 Å². The van der Waals surface area contributed by atoms with Crippen molar-refractivity contribution in [1.29, 1.82) is 0 Å². The lowest BCUT2D eigenvalue weighted by atomic mass is 10.0. The number of hydrogen-bond acceptors (Lipinski definition) is 1. The molecule has 0 spiro atoms. The van der Waals surface area contributed by atoms with Crippen molar-refractivity contribution in [2.24, 2.45) is 17.8 Å². The summed E-state index contributed by atoms with van der Waals surface area (Å²) in [5.74, 6) is 2.98. The van der Waals surface area contributed by atoms with E-state index in [4.69, 9.17) is 0 Å². The van der Waals surface area contributed by atoms with Crippen molar-refractivity contribution >= 4 is 0 Å². The van der Waals surface area contributed by atoms with Crippen LogP contribution < -0.4 is 5.32 Å². The molecule has 1 heteroatoms. The monoisotopic (exact) mass is 195 g/mol. The average molecular weight is 195 g/mol. The van der Waals surface area contributed by atoms with Crippen LogP contribution in [0, 0.1) is 17.8 Å². The maximum Gasteiger partial charge on any atom is 0.0124 e. The molecule has 0 radical (unpaired) electrons. The van der Waals surface area contributed by atoms with Gasteiger partial charge in [0.15, 0.2) is 0 Å². The Hall–Kier alpha value is -0.0400. The van der Waals surface area contributed by atoms with Crippen molar-refractivity contribution in [2.75, 3.05) is 6.54 Å². The second-order valence-corrected chi connectivity index (χ2v) is 5.50. The van der Waals surface area contributed by atoms with Gasteiger partial charge in [0, 0.05) is 6.04 Å². The van der Waals surface area contributed by atoms with Crippen molar-refractivity contribution in [1.82, 2.24) is 5.32 Å². The van der Waals surface area contributed by atoms with Crippen LogP contribution in [-0.4, -0.2) is 12.6 Å². The van der Waals surface area contributed by atoms with Crippen LogP contribution in [-0.2, 0) is 0 Å². The van der Waals surface area contributed by atoms with Crippen LogP contribution in [0.5, 0.6) is 0 Å². The molecule has 0 bridgehead atoms. The van der Waals surface area contributed by atoms with E-state index >= 15 is 0 Å². The van der Waals surface area contributed by atoms with Gasteiger partial charge in [-0.3, -0.25) is 0 Å². The van der Waals surface area contributed by atoms with Crippen molar-refractivity contribution in [2.45, 2.75) is 58.4 Å². The lowest BCUT2D eigenvalue weighted by Crippen LogP contribution is -2.36. The van der Waals surface area contributed by atoms with Crippen molar-refractivity contribution in [3.05, 3.63) is 0 Å². The second-order valence-electron chi connectivity index (χ2n) is 5.50. The summed E-state index contributed by atoms with van der Waals surface area (Å²) in [4.78, 5) is 0. The summed E-state index contributed by atoms with van der Waals surface area (Å²) in [6.45, 7) is 5.93. The molecule has 0 aliphatic heterocycles. The quantitative estimate of drug-likeness (QED) is 0.658. The molecule has 0 aromatic carbocycles. The predicted molar refractivity (Wildman–Crippen MR) is 61.3 cm³/mol. The van der Waals surface area contributed by atoms with Gasteiger partial charge in [0.05, 0.1) is 0 Å². The minimum atomic E-state index is 0.875. The summed E-state index contributed by atoms with van der Waals surface area (Å²) >= 11 is 0. The molecule has 1 nitrogen and oxygen atoms in total. The molecule has 2 rings (SSSR count). The first-order valence-corrected chi connectivity index (χ1v) is 6.54. The van der Waals surface area contributed by atoms with Crippen molar-refractivity contribution in [3.63, 3.8) is 0 Å². The molecule has 1 unspecified atom stereocenters. The van der Waals surface area contributed by atoms with E-state index in [1.54, 1.807) is 0 Å². The summed E-state index contributed by atoms with van der Waals surface area (Å²) in [5, 5.41) is 3.83. The van der Waals surface area contributed by atoms with E-state index in [2.05, 4.69) is 19.2 Å². The highest BCUT2D eigenvalue weighted by molar-refractivity contribution is 4.96. The first-order valence-electron chi connectivity index (χ1n) is 6.54. The zero-order chi connectivity index (χ0) is 9.97. The third kappa shape index (κ3) is 2.98. The normalized spacial score (nSPS) is 24.2. The van der Waals surface area contributed by atoms with Gasteiger partial charge in [-0.05, 0) is 56.4 Å². The third-order valence-corrected chi connectivity index (χ3v) is 3.74. The molecular weight excluding hydrogens is 170 g/mol. The summed E-state index contributed by atoms with van der Waals surface area (Å²) in [6.07, 6.45) is 8.70. The van der Waals surface area contributed by atoms with Gasteiger partial charge in [0.25, 0.3) is 0 Å². The van der Waals surface area contributed by atoms with Gasteiger partial charge < -0.3 is 5.32 Å². The lowest BCUT2D eigenvalue weighted by Gasteiger charge is -2.20. The van der Waals surface area contributed by atoms with Crippen LogP contribution in [0.15, 0.2) is 0 Å². The molecule has 0 amide bonds. The highest BCUT2D eigenvalue weighted by Gasteiger charge is 2.40. The Bertz CT molecular complexity index is 158. The molecular formula is C13H25N. The van der Waals surface area contributed by atoms with Gasteiger partial charge in [-0.15, -0.1) is 0 Å². The predicted octanol–water partition coefficient (Wildman–Crippen LogP) is 3.20. The molecule has 82 valence electrons. The number of rotatable bonds is 7. The van der Waals surface area contributed by atoms with Gasteiger partial charge >= 0.3 is 0 Å². The Labute approximate surface area is 88.7 Å². The van der Waals surface area contributed by atoms with Crippen LogP contribution in [0.25, 0.3) is 0 Å². The van der Waals surface area contributed by atoms with Gasteiger partial charge in [-0.1, -0.05) is 20.3 Å². The van der Waals surface area contributed by atoms with Gasteiger partial charge in [0.2, 0.25) is 0 Å². The largest absolute Gasteiger partial charge is 0.313 e. The fourth-order valence-electron chi connectivity index (χ4n) is 2.56. The van der Waals surface area contributed by atoms with Crippen molar-refractivity contribution < 1.29 is 0 Å². The van der Waals surface area contributed by atoms with Crippen LogP contribution in [0.2, 0.25) is 0 Å². The summed E-state index contributed by atoms with van der Waals surface area (Å²) < 4.78 is 0. The maximum absolute atomic E-state index is 3.83. The van der Waals surface area contributed by atoms with Crippen LogP contribution in [0.4, 0.5) is 0 Å². The van der Waals surface area contributed by atoms with E-state index in [-0.39, 0.29) is 0 Å². The van der Waals surface area contributed by atoms with Crippen LogP contribution in [0.3, 0.4) is 0 Å². The minimum absolute atomic E-state index is 0.875. The van der Waals surface area contributed by atoms with Gasteiger partial charge in [-0.25, -0.2) is 0 Å². The van der Waals surface area contributed by atoms with Gasteiger partial charge in [0.1, 0.15) is 0 Å². The SMILES string of the molecule is CCCC(C)CNC(C1CC1)C1CC1. The Morgan fingerprint density at radius 3 is 2.14 bits per heavy atom. The second kappa shape index (κ2) is 4.65. The molecule has 2 saturated carbocycles. The van der Waals surface area contributed by atoms with E-state index in [0.29, 0.717) is 0 Å². The van der Waals surface area contributed by atoms with E-state index in [0.717, 1.165) is 23.8 Å². The topological polar surface area (TPSA) is 12.0 Å². The fraction of sp³-hybridized carbons (Fsp3) is 1.00. The zero-order valence-electron chi connectivity index (χ0n) is 9.76. The minimum Gasteiger partial charge on any atom is -0.313 e. The van der Waals surface area contributed by atoms with Crippen molar-refractivity contribution in [3.8, 4) is 0 Å².